The van der Waals surface area contributed by atoms with Gasteiger partial charge in [0.2, 0.25) is 0 Å². The molecule has 2 rings (SSSR count). The van der Waals surface area contributed by atoms with Crippen LogP contribution in [-0.4, -0.2) is 21.8 Å². The first-order valence-electron chi connectivity index (χ1n) is 8.87. The maximum Gasteiger partial charge on any atom is 0.309 e. The molecule has 0 bridgehead atoms. The largest absolute Gasteiger partial charge is 0.481 e. The third kappa shape index (κ3) is 3.13. The van der Waals surface area contributed by atoms with Crippen LogP contribution in [0.2, 0.25) is 0 Å². The van der Waals surface area contributed by atoms with Gasteiger partial charge in [-0.1, -0.05) is 31.6 Å². The van der Waals surface area contributed by atoms with Crippen molar-refractivity contribution < 1.29 is 15.0 Å². The summed E-state index contributed by atoms with van der Waals surface area (Å²) in [6.07, 6.45) is 9.02. The van der Waals surface area contributed by atoms with E-state index in [1.165, 1.54) is 5.57 Å². The fraction of sp³-hybridized carbons (Fsp3) is 0.750. The molecule has 2 aliphatic rings. The van der Waals surface area contributed by atoms with E-state index in [0.29, 0.717) is 12.3 Å². The first-order valence-corrected chi connectivity index (χ1v) is 8.87. The van der Waals surface area contributed by atoms with Crippen molar-refractivity contribution in [1.82, 2.24) is 0 Å². The minimum Gasteiger partial charge on any atom is -0.481 e. The van der Waals surface area contributed by atoms with E-state index in [2.05, 4.69) is 26.5 Å². The second-order valence-corrected chi connectivity index (χ2v) is 8.43. The Morgan fingerprint density at radius 1 is 1.48 bits per heavy atom. The van der Waals surface area contributed by atoms with Crippen LogP contribution >= 0.6 is 0 Å². The quantitative estimate of drug-likeness (QED) is 0.730. The molecule has 2 aliphatic carbocycles. The molecule has 1 fully saturated rings. The molecule has 0 aliphatic heterocycles. The summed E-state index contributed by atoms with van der Waals surface area (Å²) in [5, 5.41) is 20.1. The van der Waals surface area contributed by atoms with E-state index in [1.54, 1.807) is 13.0 Å². The average molecular weight is 320 g/mol. The molecule has 0 aromatic carbocycles. The minimum absolute atomic E-state index is 0.0347. The molecule has 0 amide bonds. The summed E-state index contributed by atoms with van der Waals surface area (Å²) < 4.78 is 0. The first-order chi connectivity index (χ1) is 10.6. The van der Waals surface area contributed by atoms with Crippen LogP contribution in [0.1, 0.15) is 66.2 Å². The van der Waals surface area contributed by atoms with Crippen LogP contribution in [0.4, 0.5) is 0 Å². The Labute approximate surface area is 140 Å². The molecule has 2 N–H and O–H groups in total. The van der Waals surface area contributed by atoms with Crippen molar-refractivity contribution in [3.63, 3.8) is 0 Å². The average Bonchev–Trinajstić information content (AvgIpc) is 2.50. The Kier molecular flexibility index (Phi) is 4.83. The Balaban J connectivity index is 2.33. The molecule has 0 spiro atoms. The standard InChI is InChI=1S/C20H32O3/c1-6-18(3,23)12-13-19(4)14(2)9-10-16-15(19)8-7-11-20(16,5)17(21)22/h6,8,14,16,23H,1,7,9-13H2,2-5H3,(H,21,22)/t14-,16+,18+,19+,20+/m1/s1. The molecule has 0 heterocycles. The highest BCUT2D eigenvalue weighted by molar-refractivity contribution is 5.75. The smallest absolute Gasteiger partial charge is 0.309 e. The Morgan fingerprint density at radius 2 is 2.13 bits per heavy atom. The van der Waals surface area contributed by atoms with E-state index in [9.17, 15) is 15.0 Å². The van der Waals surface area contributed by atoms with Gasteiger partial charge in [0.05, 0.1) is 11.0 Å². The van der Waals surface area contributed by atoms with Gasteiger partial charge < -0.3 is 10.2 Å². The number of carboxylic acids is 1. The Morgan fingerprint density at radius 3 is 2.70 bits per heavy atom. The maximum atomic E-state index is 11.9. The summed E-state index contributed by atoms with van der Waals surface area (Å²) in [4.78, 5) is 11.9. The summed E-state index contributed by atoms with van der Waals surface area (Å²) in [7, 11) is 0. The van der Waals surface area contributed by atoms with E-state index < -0.39 is 17.0 Å². The zero-order valence-corrected chi connectivity index (χ0v) is 15.1. The first kappa shape index (κ1) is 18.3. The van der Waals surface area contributed by atoms with Crippen LogP contribution in [-0.2, 0) is 4.79 Å². The third-order valence-corrected chi connectivity index (χ3v) is 6.89. The topological polar surface area (TPSA) is 57.5 Å². The second-order valence-electron chi connectivity index (χ2n) is 8.43. The molecular formula is C20H32O3. The molecule has 5 atom stereocenters. The van der Waals surface area contributed by atoms with E-state index in [-0.39, 0.29) is 11.3 Å². The summed E-state index contributed by atoms with van der Waals surface area (Å²) in [5.41, 5.74) is -0.215. The molecule has 23 heavy (non-hydrogen) atoms. The summed E-state index contributed by atoms with van der Waals surface area (Å²) in [6.45, 7) is 12.0. The zero-order valence-electron chi connectivity index (χ0n) is 15.1. The predicted octanol–water partition coefficient (Wildman–Crippen LogP) is 4.57. The van der Waals surface area contributed by atoms with Crippen LogP contribution in [0.3, 0.4) is 0 Å². The van der Waals surface area contributed by atoms with Gasteiger partial charge in [0.25, 0.3) is 0 Å². The molecule has 0 unspecified atom stereocenters. The summed E-state index contributed by atoms with van der Waals surface area (Å²) in [5.74, 6) is -0.0338. The van der Waals surface area contributed by atoms with Crippen molar-refractivity contribution in [1.29, 1.82) is 0 Å². The van der Waals surface area contributed by atoms with Crippen LogP contribution in [0.15, 0.2) is 24.3 Å². The van der Waals surface area contributed by atoms with E-state index in [0.717, 1.165) is 32.1 Å². The number of fused-ring (bicyclic) bond motifs is 1. The lowest BCUT2D eigenvalue weighted by Crippen LogP contribution is -2.47. The van der Waals surface area contributed by atoms with Crippen LogP contribution in [0.25, 0.3) is 0 Å². The second kappa shape index (κ2) is 6.08. The van der Waals surface area contributed by atoms with Crippen molar-refractivity contribution in [3.8, 4) is 0 Å². The SMILES string of the molecule is C=C[C@](C)(O)CC[C@]1(C)C2=CCC[C@](C)(C(=O)O)[C@H]2CC[C@H]1C. The zero-order chi connectivity index (χ0) is 17.5. The lowest BCUT2D eigenvalue weighted by atomic mass is 9.51. The lowest BCUT2D eigenvalue weighted by Gasteiger charge is -2.53. The number of allylic oxidation sites excluding steroid dienone is 2. The lowest BCUT2D eigenvalue weighted by molar-refractivity contribution is -0.153. The molecular weight excluding hydrogens is 288 g/mol. The number of hydrogen-bond donors (Lipinski definition) is 2. The fourth-order valence-electron chi connectivity index (χ4n) is 4.57. The number of hydrogen-bond acceptors (Lipinski definition) is 2. The molecule has 0 saturated heterocycles. The van der Waals surface area contributed by atoms with Gasteiger partial charge in [-0.3, -0.25) is 4.79 Å². The highest BCUT2D eigenvalue weighted by atomic mass is 16.4. The van der Waals surface area contributed by atoms with Gasteiger partial charge in [0, 0.05) is 0 Å². The van der Waals surface area contributed by atoms with Crippen molar-refractivity contribution in [2.24, 2.45) is 22.7 Å². The number of aliphatic carboxylic acids is 1. The van der Waals surface area contributed by atoms with Gasteiger partial charge >= 0.3 is 5.97 Å². The number of carbonyl (C=O) groups is 1. The number of carboxylic acid groups (broad SMARTS) is 1. The normalized spacial score (nSPS) is 39.8. The highest BCUT2D eigenvalue weighted by Gasteiger charge is 2.52. The van der Waals surface area contributed by atoms with Crippen LogP contribution in [0, 0.1) is 22.7 Å². The molecule has 130 valence electrons. The Hall–Kier alpha value is -1.09. The highest BCUT2D eigenvalue weighted by Crippen LogP contribution is 2.58. The van der Waals surface area contributed by atoms with Crippen molar-refractivity contribution in [3.05, 3.63) is 24.3 Å². The van der Waals surface area contributed by atoms with Gasteiger partial charge in [-0.2, -0.15) is 0 Å². The third-order valence-electron chi connectivity index (χ3n) is 6.89. The molecule has 0 aromatic rings. The number of aliphatic hydroxyl groups is 1. The molecule has 0 aromatic heterocycles. The summed E-state index contributed by atoms with van der Waals surface area (Å²) >= 11 is 0. The predicted molar refractivity (Wildman–Crippen MR) is 93.1 cm³/mol. The van der Waals surface area contributed by atoms with E-state index in [4.69, 9.17) is 0 Å². The van der Waals surface area contributed by atoms with Gasteiger partial charge in [0.15, 0.2) is 0 Å². The van der Waals surface area contributed by atoms with Gasteiger partial charge in [-0.15, -0.1) is 6.58 Å². The van der Waals surface area contributed by atoms with Crippen LogP contribution in [0.5, 0.6) is 0 Å². The van der Waals surface area contributed by atoms with E-state index >= 15 is 0 Å². The molecule has 3 nitrogen and oxygen atoms in total. The minimum atomic E-state index is -0.860. The maximum absolute atomic E-state index is 11.9. The number of rotatable bonds is 5. The summed E-state index contributed by atoms with van der Waals surface area (Å²) in [6, 6.07) is 0. The fourth-order valence-corrected chi connectivity index (χ4v) is 4.57. The Bertz CT molecular complexity index is 519. The van der Waals surface area contributed by atoms with Crippen LogP contribution < -0.4 is 0 Å². The van der Waals surface area contributed by atoms with Crippen molar-refractivity contribution in [2.75, 3.05) is 0 Å². The van der Waals surface area contributed by atoms with Gasteiger partial charge in [-0.25, -0.2) is 0 Å². The van der Waals surface area contributed by atoms with E-state index in [1.807, 2.05) is 6.92 Å². The molecule has 3 heteroatoms. The van der Waals surface area contributed by atoms with Crippen molar-refractivity contribution >= 4 is 5.97 Å². The van der Waals surface area contributed by atoms with Gasteiger partial charge in [0.1, 0.15) is 0 Å². The monoisotopic (exact) mass is 320 g/mol. The van der Waals surface area contributed by atoms with Gasteiger partial charge in [-0.05, 0) is 69.6 Å². The molecule has 0 radical (unpaired) electrons. The molecule has 1 saturated carbocycles. The van der Waals surface area contributed by atoms with Crippen molar-refractivity contribution in [2.45, 2.75) is 71.8 Å².